The summed E-state index contributed by atoms with van der Waals surface area (Å²) in [5.74, 6) is -0.259. The third-order valence-electron chi connectivity index (χ3n) is 2.67. The number of esters is 1. The predicted molar refractivity (Wildman–Crippen MR) is 77.4 cm³/mol. The third kappa shape index (κ3) is 8.80. The van der Waals surface area contributed by atoms with Gasteiger partial charge in [-0.15, -0.1) is 0 Å². The molecule has 1 atom stereocenters. The van der Waals surface area contributed by atoms with Gasteiger partial charge in [-0.05, 0) is 52.5 Å². The zero-order chi connectivity index (χ0) is 14.0. The lowest BCUT2D eigenvalue weighted by molar-refractivity contribution is -0.151. The molecule has 0 aromatic heterocycles. The molecule has 0 aliphatic rings. The normalized spacial score (nSPS) is 14.0. The van der Waals surface area contributed by atoms with E-state index >= 15 is 0 Å². The molecule has 0 aromatic rings. The molecule has 0 aromatic carbocycles. The minimum absolute atomic E-state index is 0.259. The van der Waals surface area contributed by atoms with Crippen LogP contribution in [0.2, 0.25) is 0 Å². The Kier molecular flexibility index (Phi) is 8.10. The Morgan fingerprint density at radius 2 is 1.78 bits per heavy atom. The maximum atomic E-state index is 11.0. The number of rotatable bonds is 8. The van der Waals surface area contributed by atoms with Crippen LogP contribution in [0, 0.1) is 0 Å². The smallest absolute Gasteiger partial charge is 0.303 e. The summed E-state index contributed by atoms with van der Waals surface area (Å²) in [7, 11) is 0. The van der Waals surface area contributed by atoms with Gasteiger partial charge in [-0.3, -0.25) is 4.79 Å². The molecule has 0 aliphatic carbocycles. The third-order valence-corrected chi connectivity index (χ3v) is 2.67. The van der Waals surface area contributed by atoms with Crippen molar-refractivity contribution >= 4 is 5.97 Å². The van der Waals surface area contributed by atoms with Crippen molar-refractivity contribution in [2.45, 2.75) is 59.0 Å². The van der Waals surface area contributed by atoms with Gasteiger partial charge in [-0.1, -0.05) is 30.4 Å². The van der Waals surface area contributed by atoms with E-state index in [0.717, 1.165) is 25.7 Å². The summed E-state index contributed by atoms with van der Waals surface area (Å²) < 4.78 is 5.25. The number of hydrogen-bond acceptors (Lipinski definition) is 2. The van der Waals surface area contributed by atoms with E-state index in [0.29, 0.717) is 0 Å². The highest BCUT2D eigenvalue weighted by molar-refractivity contribution is 5.66. The summed E-state index contributed by atoms with van der Waals surface area (Å²) in [6.07, 6.45) is 12.1. The lowest BCUT2D eigenvalue weighted by atomic mass is 9.99. The zero-order valence-electron chi connectivity index (χ0n) is 12.2. The molecule has 0 saturated heterocycles. The van der Waals surface area contributed by atoms with Gasteiger partial charge in [-0.25, -0.2) is 0 Å². The second kappa shape index (κ2) is 8.73. The van der Waals surface area contributed by atoms with E-state index in [9.17, 15) is 4.79 Å². The van der Waals surface area contributed by atoms with Gasteiger partial charge >= 0.3 is 5.97 Å². The molecule has 0 saturated carbocycles. The van der Waals surface area contributed by atoms with Crippen LogP contribution in [-0.2, 0) is 9.53 Å². The number of unbranched alkanes of at least 4 members (excludes halogenated alkanes) is 1. The Labute approximate surface area is 111 Å². The van der Waals surface area contributed by atoms with Gasteiger partial charge in [-0.2, -0.15) is 0 Å². The average Bonchev–Trinajstić information content (AvgIpc) is 2.26. The zero-order valence-corrected chi connectivity index (χ0v) is 12.2. The van der Waals surface area contributed by atoms with Gasteiger partial charge in [0.2, 0.25) is 0 Å². The predicted octanol–water partition coefficient (Wildman–Crippen LogP) is 4.58. The highest BCUT2D eigenvalue weighted by atomic mass is 16.6. The van der Waals surface area contributed by atoms with Crippen molar-refractivity contribution in [2.75, 3.05) is 0 Å². The van der Waals surface area contributed by atoms with E-state index in [4.69, 9.17) is 4.74 Å². The number of ether oxygens (including phenoxy) is 1. The first kappa shape index (κ1) is 16.7. The lowest BCUT2D eigenvalue weighted by Gasteiger charge is -2.24. The molecule has 102 valence electrons. The van der Waals surface area contributed by atoms with Gasteiger partial charge in [0.05, 0.1) is 0 Å². The summed E-state index contributed by atoms with van der Waals surface area (Å²) in [5.41, 5.74) is 0.813. The van der Waals surface area contributed by atoms with Crippen LogP contribution in [0.25, 0.3) is 0 Å². The lowest BCUT2D eigenvalue weighted by Crippen LogP contribution is -2.27. The first-order valence-corrected chi connectivity index (χ1v) is 6.51. The Morgan fingerprint density at radius 3 is 2.28 bits per heavy atom. The van der Waals surface area contributed by atoms with Crippen LogP contribution in [0.3, 0.4) is 0 Å². The molecule has 0 rings (SSSR count). The first-order valence-electron chi connectivity index (χ1n) is 6.51. The van der Waals surface area contributed by atoms with E-state index < -0.39 is 5.60 Å². The molecular weight excluding hydrogens is 224 g/mol. The molecule has 2 nitrogen and oxygen atoms in total. The van der Waals surface area contributed by atoms with Gasteiger partial charge < -0.3 is 4.74 Å². The Balaban J connectivity index is 3.93. The molecule has 0 aliphatic heterocycles. The molecular formula is C16H26O2. The SMILES string of the molecule is C=CC(C)(CCC=CCCC=C(C)C)OC(C)=O. The fraction of sp³-hybridized carbons (Fsp3) is 0.562. The quantitative estimate of drug-likeness (QED) is 0.358. The topological polar surface area (TPSA) is 26.3 Å². The van der Waals surface area contributed by atoms with E-state index in [1.54, 1.807) is 6.08 Å². The van der Waals surface area contributed by atoms with E-state index in [1.807, 2.05) is 6.92 Å². The maximum absolute atomic E-state index is 11.0. The van der Waals surface area contributed by atoms with Gasteiger partial charge in [0.25, 0.3) is 0 Å². The van der Waals surface area contributed by atoms with Crippen LogP contribution in [0.4, 0.5) is 0 Å². The second-order valence-corrected chi connectivity index (χ2v) is 4.98. The molecule has 0 radical (unpaired) electrons. The number of carbonyl (C=O) groups excluding carboxylic acids is 1. The van der Waals surface area contributed by atoms with Crippen LogP contribution >= 0.6 is 0 Å². The average molecular weight is 250 g/mol. The standard InChI is InChI=1S/C16H26O2/c1-6-16(5,18-15(4)17)13-11-9-7-8-10-12-14(2)3/h6-7,9,12H,1,8,10-11,13H2,2-5H3. The summed E-state index contributed by atoms with van der Waals surface area (Å²) in [6.45, 7) is 11.3. The van der Waals surface area contributed by atoms with Crippen LogP contribution in [0.5, 0.6) is 0 Å². The van der Waals surface area contributed by atoms with Crippen LogP contribution in [-0.4, -0.2) is 11.6 Å². The highest BCUT2D eigenvalue weighted by Crippen LogP contribution is 2.19. The Hall–Kier alpha value is -1.31. The number of hydrogen-bond donors (Lipinski definition) is 0. The van der Waals surface area contributed by atoms with Crippen LogP contribution in [0.1, 0.15) is 53.4 Å². The molecule has 0 N–H and O–H groups in total. The molecule has 2 heteroatoms. The molecule has 0 fully saturated rings. The number of carbonyl (C=O) groups is 1. The maximum Gasteiger partial charge on any atom is 0.303 e. The van der Waals surface area contributed by atoms with Crippen molar-refractivity contribution in [1.29, 1.82) is 0 Å². The Bertz CT molecular complexity index is 322. The monoisotopic (exact) mass is 250 g/mol. The summed E-state index contributed by atoms with van der Waals surface area (Å²) in [4.78, 5) is 11.0. The second-order valence-electron chi connectivity index (χ2n) is 4.98. The van der Waals surface area contributed by atoms with Crippen molar-refractivity contribution < 1.29 is 9.53 Å². The molecule has 0 heterocycles. The molecule has 0 amide bonds. The highest BCUT2D eigenvalue weighted by Gasteiger charge is 2.22. The van der Waals surface area contributed by atoms with Crippen molar-refractivity contribution in [3.05, 3.63) is 36.5 Å². The fourth-order valence-corrected chi connectivity index (χ4v) is 1.60. The molecule has 1 unspecified atom stereocenters. The summed E-state index contributed by atoms with van der Waals surface area (Å²) in [6, 6.07) is 0. The fourth-order valence-electron chi connectivity index (χ4n) is 1.60. The van der Waals surface area contributed by atoms with Crippen LogP contribution in [0.15, 0.2) is 36.5 Å². The van der Waals surface area contributed by atoms with Crippen molar-refractivity contribution in [3.63, 3.8) is 0 Å². The molecule has 0 bridgehead atoms. The van der Waals surface area contributed by atoms with E-state index in [2.05, 4.69) is 38.7 Å². The summed E-state index contributed by atoms with van der Waals surface area (Å²) in [5, 5.41) is 0. The minimum Gasteiger partial charge on any atom is -0.455 e. The number of allylic oxidation sites excluding steroid dienone is 4. The Morgan fingerprint density at radius 1 is 1.17 bits per heavy atom. The van der Waals surface area contributed by atoms with Gasteiger partial charge in [0.1, 0.15) is 5.60 Å². The van der Waals surface area contributed by atoms with Crippen molar-refractivity contribution in [3.8, 4) is 0 Å². The van der Waals surface area contributed by atoms with E-state index in [1.165, 1.54) is 12.5 Å². The van der Waals surface area contributed by atoms with Crippen LogP contribution < -0.4 is 0 Å². The summed E-state index contributed by atoms with van der Waals surface area (Å²) >= 11 is 0. The van der Waals surface area contributed by atoms with Gasteiger partial charge in [0, 0.05) is 6.92 Å². The van der Waals surface area contributed by atoms with Gasteiger partial charge in [0.15, 0.2) is 0 Å². The molecule has 0 spiro atoms. The largest absolute Gasteiger partial charge is 0.455 e. The first-order chi connectivity index (χ1) is 8.39. The van der Waals surface area contributed by atoms with E-state index in [-0.39, 0.29) is 5.97 Å². The minimum atomic E-state index is -0.546. The molecule has 18 heavy (non-hydrogen) atoms. The van der Waals surface area contributed by atoms with Crippen molar-refractivity contribution in [2.24, 2.45) is 0 Å². The van der Waals surface area contributed by atoms with Crippen molar-refractivity contribution in [1.82, 2.24) is 0 Å².